The van der Waals surface area contributed by atoms with Gasteiger partial charge in [-0.05, 0) is 60.7 Å². The van der Waals surface area contributed by atoms with Gasteiger partial charge in [-0.1, -0.05) is 33.8 Å². The van der Waals surface area contributed by atoms with Crippen LogP contribution in [0.25, 0.3) is 0 Å². The summed E-state index contributed by atoms with van der Waals surface area (Å²) in [6, 6.07) is 3.48. The molecule has 1 aliphatic heterocycles. The number of ether oxygens (including phenoxy) is 1. The monoisotopic (exact) mass is 530 g/mol. The molecule has 3 rings (SSSR count). The van der Waals surface area contributed by atoms with E-state index >= 15 is 0 Å². The van der Waals surface area contributed by atoms with E-state index in [1.165, 1.54) is 12.1 Å². The van der Waals surface area contributed by atoms with Gasteiger partial charge in [-0.3, -0.25) is 4.79 Å². The Kier molecular flexibility index (Phi) is 12.9. The molecule has 0 saturated heterocycles. The summed E-state index contributed by atoms with van der Waals surface area (Å²) in [5.41, 5.74) is 5.63. The van der Waals surface area contributed by atoms with Crippen molar-refractivity contribution in [2.45, 2.75) is 65.3 Å². The molecule has 1 aromatic heterocycles. The van der Waals surface area contributed by atoms with E-state index in [0.29, 0.717) is 37.1 Å². The van der Waals surface area contributed by atoms with Crippen LogP contribution in [0, 0.1) is 0 Å². The number of aryl methyl sites for hydroxylation is 1. The topological polar surface area (TPSA) is 110 Å². The van der Waals surface area contributed by atoms with Crippen molar-refractivity contribution in [3.63, 3.8) is 0 Å². The van der Waals surface area contributed by atoms with Gasteiger partial charge in [-0.15, -0.1) is 0 Å². The lowest BCUT2D eigenvalue weighted by molar-refractivity contribution is -0.137. The first-order chi connectivity index (χ1) is 17.0. The number of carbonyl (C=O) groups excluding carboxylic acids is 1. The molecular formula is C25H34ClF3N4O3. The second-order valence-corrected chi connectivity index (χ2v) is 7.98. The Labute approximate surface area is 214 Å². The number of nitrogens with two attached hydrogens (primary N) is 1. The fraction of sp³-hybridized carbons (Fsp3) is 0.480. The predicted octanol–water partition coefficient (Wildman–Crippen LogP) is 5.39. The quantitative estimate of drug-likeness (QED) is 0.199. The SMILES string of the molecule is CC.CCc1nc(Cl)nc(NCc2cc(N)cc(C(F)(F)F)c2)c1CC.O=CC1(O)C=CCCOC1. The summed E-state index contributed by atoms with van der Waals surface area (Å²) in [5, 5.41) is 12.4. The molecule has 1 aliphatic rings. The van der Waals surface area contributed by atoms with Crippen molar-refractivity contribution in [3.8, 4) is 0 Å². The Hall–Kier alpha value is -2.69. The minimum atomic E-state index is -4.44. The molecule has 36 heavy (non-hydrogen) atoms. The molecule has 2 heterocycles. The van der Waals surface area contributed by atoms with E-state index in [9.17, 15) is 23.1 Å². The summed E-state index contributed by atoms with van der Waals surface area (Å²) in [5.74, 6) is 0.533. The number of benzene rings is 1. The highest BCUT2D eigenvalue weighted by Crippen LogP contribution is 2.31. The van der Waals surface area contributed by atoms with Gasteiger partial charge in [0.1, 0.15) is 5.82 Å². The number of nitrogens with zero attached hydrogens (tertiary/aromatic N) is 2. The van der Waals surface area contributed by atoms with E-state index in [4.69, 9.17) is 22.1 Å². The van der Waals surface area contributed by atoms with Crippen molar-refractivity contribution >= 4 is 29.4 Å². The van der Waals surface area contributed by atoms with Crippen LogP contribution in [0.15, 0.2) is 30.4 Å². The molecule has 0 bridgehead atoms. The number of aromatic nitrogens is 2. The first-order valence-corrected chi connectivity index (χ1v) is 12.1. The van der Waals surface area contributed by atoms with Crippen LogP contribution >= 0.6 is 11.6 Å². The highest BCUT2D eigenvalue weighted by molar-refractivity contribution is 6.28. The second kappa shape index (κ2) is 14.8. The fourth-order valence-corrected chi connectivity index (χ4v) is 3.46. The molecule has 2 aromatic rings. The van der Waals surface area contributed by atoms with Gasteiger partial charge in [0.05, 0.1) is 24.5 Å². The highest BCUT2D eigenvalue weighted by atomic mass is 35.5. The molecule has 0 radical (unpaired) electrons. The van der Waals surface area contributed by atoms with Gasteiger partial charge < -0.3 is 20.9 Å². The molecule has 0 fully saturated rings. The molecule has 7 nitrogen and oxygen atoms in total. The largest absolute Gasteiger partial charge is 0.416 e. The van der Waals surface area contributed by atoms with Crippen LogP contribution in [0.1, 0.15) is 56.5 Å². The van der Waals surface area contributed by atoms with Gasteiger partial charge in [0.25, 0.3) is 0 Å². The third-order valence-electron chi connectivity index (χ3n) is 4.93. The van der Waals surface area contributed by atoms with Crippen LogP contribution in [-0.4, -0.2) is 40.2 Å². The van der Waals surface area contributed by atoms with Crippen LogP contribution in [0.2, 0.25) is 5.28 Å². The van der Waals surface area contributed by atoms with Gasteiger partial charge in [0, 0.05) is 17.8 Å². The van der Waals surface area contributed by atoms with Crippen LogP contribution < -0.4 is 11.1 Å². The van der Waals surface area contributed by atoms with Crippen LogP contribution in [-0.2, 0) is 35.1 Å². The number of aliphatic hydroxyl groups is 1. The number of hydrogen-bond donors (Lipinski definition) is 3. The number of nitrogen functional groups attached to an aromatic ring is 1. The van der Waals surface area contributed by atoms with E-state index in [2.05, 4.69) is 15.3 Å². The Morgan fingerprint density at radius 1 is 1.22 bits per heavy atom. The third kappa shape index (κ3) is 9.75. The van der Waals surface area contributed by atoms with Crippen molar-refractivity contribution in [1.82, 2.24) is 9.97 Å². The van der Waals surface area contributed by atoms with E-state index in [1.54, 1.807) is 6.08 Å². The molecule has 4 N–H and O–H groups in total. The normalized spacial score (nSPS) is 17.1. The third-order valence-corrected chi connectivity index (χ3v) is 5.10. The smallest absolute Gasteiger partial charge is 0.399 e. The van der Waals surface area contributed by atoms with E-state index < -0.39 is 17.3 Å². The molecule has 0 aliphatic carbocycles. The maximum atomic E-state index is 12.9. The molecule has 0 spiro atoms. The average molecular weight is 531 g/mol. The van der Waals surface area contributed by atoms with Crippen molar-refractivity contribution < 1.29 is 27.8 Å². The minimum absolute atomic E-state index is 0.0623. The summed E-state index contributed by atoms with van der Waals surface area (Å²) in [6.07, 6.45) is 1.43. The standard InChI is InChI=1S/C16H18ClF3N4.C7H10O3.C2H6/c1-3-12-13(4-2)23-15(17)24-14(12)22-8-9-5-10(16(18,19)20)7-11(21)6-9;8-5-7(9)3-1-2-4-10-6-7;1-2/h5-7H,3-4,8,21H2,1-2H3,(H,22,23,24);1,3,5,9H,2,4,6H2;1-2H3. The zero-order chi connectivity index (χ0) is 27.4. The van der Waals surface area contributed by atoms with Crippen molar-refractivity contribution in [1.29, 1.82) is 0 Å². The van der Waals surface area contributed by atoms with Gasteiger partial charge in [0.15, 0.2) is 11.9 Å². The van der Waals surface area contributed by atoms with Crippen LogP contribution in [0.4, 0.5) is 24.7 Å². The number of nitrogens with one attached hydrogen (secondary N) is 1. The summed E-state index contributed by atoms with van der Waals surface area (Å²) in [7, 11) is 0. The Bertz CT molecular complexity index is 1020. The second-order valence-electron chi connectivity index (χ2n) is 7.64. The van der Waals surface area contributed by atoms with Gasteiger partial charge in [-0.2, -0.15) is 13.2 Å². The molecule has 200 valence electrons. The van der Waals surface area contributed by atoms with Gasteiger partial charge in [-0.25, -0.2) is 9.97 Å². The molecular weight excluding hydrogens is 497 g/mol. The molecule has 11 heteroatoms. The molecule has 1 atom stereocenters. The number of anilines is 2. The summed E-state index contributed by atoms with van der Waals surface area (Å²) < 4.78 is 43.6. The first kappa shape index (κ1) is 31.3. The summed E-state index contributed by atoms with van der Waals surface area (Å²) in [4.78, 5) is 18.6. The molecule has 0 saturated carbocycles. The number of hydrogen-bond acceptors (Lipinski definition) is 7. The number of alkyl halides is 3. The predicted molar refractivity (Wildman–Crippen MR) is 136 cm³/mol. The minimum Gasteiger partial charge on any atom is -0.399 e. The lowest BCUT2D eigenvalue weighted by Crippen LogP contribution is -2.32. The molecule has 1 unspecified atom stereocenters. The summed E-state index contributed by atoms with van der Waals surface area (Å²) in [6.45, 7) is 8.71. The number of rotatable bonds is 6. The number of carbonyl (C=O) groups is 1. The lowest BCUT2D eigenvalue weighted by Gasteiger charge is -2.15. The highest BCUT2D eigenvalue weighted by Gasteiger charge is 2.31. The van der Waals surface area contributed by atoms with Gasteiger partial charge >= 0.3 is 6.18 Å². The Morgan fingerprint density at radius 2 is 1.92 bits per heavy atom. The fourth-order valence-electron chi connectivity index (χ4n) is 3.28. The maximum absolute atomic E-state index is 12.9. The molecule has 1 aromatic carbocycles. The zero-order valence-electron chi connectivity index (χ0n) is 21.0. The first-order valence-electron chi connectivity index (χ1n) is 11.7. The van der Waals surface area contributed by atoms with E-state index in [-0.39, 0.29) is 24.1 Å². The van der Waals surface area contributed by atoms with E-state index in [1.807, 2.05) is 27.7 Å². The van der Waals surface area contributed by atoms with Crippen molar-refractivity contribution in [3.05, 3.63) is 58.0 Å². The van der Waals surface area contributed by atoms with Crippen LogP contribution in [0.5, 0.6) is 0 Å². The number of halogens is 4. The van der Waals surface area contributed by atoms with Crippen LogP contribution in [0.3, 0.4) is 0 Å². The lowest BCUT2D eigenvalue weighted by atomic mass is 10.1. The zero-order valence-corrected chi connectivity index (χ0v) is 21.7. The Morgan fingerprint density at radius 3 is 2.50 bits per heavy atom. The molecule has 0 amide bonds. The Balaban J connectivity index is 0.000000450. The number of aldehydes is 1. The average Bonchev–Trinajstić information content (AvgIpc) is 3.08. The van der Waals surface area contributed by atoms with Crippen molar-refractivity contribution in [2.75, 3.05) is 24.3 Å². The summed E-state index contributed by atoms with van der Waals surface area (Å²) >= 11 is 5.92. The van der Waals surface area contributed by atoms with E-state index in [0.717, 1.165) is 29.8 Å². The van der Waals surface area contributed by atoms with Crippen molar-refractivity contribution in [2.24, 2.45) is 0 Å². The van der Waals surface area contributed by atoms with Gasteiger partial charge in [0.2, 0.25) is 5.28 Å². The maximum Gasteiger partial charge on any atom is 0.416 e.